The van der Waals surface area contributed by atoms with E-state index in [1.165, 1.54) is 86.0 Å². The van der Waals surface area contributed by atoms with E-state index < -0.39 is 21.5 Å². The van der Waals surface area contributed by atoms with Crippen molar-refractivity contribution in [3.8, 4) is 22.3 Å². The molecule has 0 radical (unpaired) electrons. The van der Waals surface area contributed by atoms with Crippen LogP contribution in [0.15, 0.2) is 90.0 Å². The molecule has 0 spiro atoms. The fourth-order valence-electron chi connectivity index (χ4n) is 9.31. The van der Waals surface area contributed by atoms with Crippen LogP contribution in [0.25, 0.3) is 34.4 Å². The summed E-state index contributed by atoms with van der Waals surface area (Å²) in [6.07, 6.45) is 8.82. The van der Waals surface area contributed by atoms with Crippen LogP contribution in [-0.4, -0.2) is 5.92 Å². The van der Waals surface area contributed by atoms with Gasteiger partial charge in [0.25, 0.3) is 0 Å². The first-order valence-electron chi connectivity index (χ1n) is 18.9. The number of allylic oxidation sites excluding steroid dienone is 2. The molecule has 3 aliphatic rings. The molecule has 0 bridgehead atoms. The first-order valence-corrected chi connectivity index (χ1v) is 35.2. The van der Waals surface area contributed by atoms with Gasteiger partial charge >= 0.3 is 314 Å². The molecule has 0 nitrogen and oxygen atoms in total. The van der Waals surface area contributed by atoms with E-state index in [1.807, 2.05) is 0 Å². The molecule has 0 aromatic heterocycles. The van der Waals surface area contributed by atoms with Crippen LogP contribution in [0, 0.1) is 12.8 Å². The number of benzene rings is 4. The van der Waals surface area contributed by atoms with E-state index in [2.05, 4.69) is 159 Å². The first-order chi connectivity index (χ1) is 23.4. The van der Waals surface area contributed by atoms with Crippen LogP contribution < -0.4 is 0 Å². The average molecular weight is 798 g/mol. The van der Waals surface area contributed by atoms with Gasteiger partial charge in [-0.3, -0.25) is 0 Å². The van der Waals surface area contributed by atoms with Gasteiger partial charge < -0.3 is 0 Å². The Hall–Kier alpha value is -1.96. The normalized spacial score (nSPS) is 20.1. The van der Waals surface area contributed by atoms with Crippen LogP contribution in [0.3, 0.4) is 0 Å². The van der Waals surface area contributed by atoms with Gasteiger partial charge in [0.1, 0.15) is 0 Å². The zero-order valence-electron chi connectivity index (χ0n) is 31.8. The van der Waals surface area contributed by atoms with Crippen LogP contribution in [0.2, 0.25) is 13.1 Å². The summed E-state index contributed by atoms with van der Waals surface area (Å²) in [5.74, 6) is -1.07. The van der Waals surface area contributed by atoms with Gasteiger partial charge in [-0.05, 0) is 0 Å². The standard InChI is InChI=1S/C23H25.C21H23.C2H7Si.2ClH.Zr/c1-23(2,3)20-12-10-17(11-13-20)21-9-5-8-18-14-19(15-22(18)21)16-6-4-7-16;1-14-12-19-15(2)6-11-18(20(19)13-14)16-7-9-17(10-8-16)21(3,4)5;1-3-2;;;/h5,8-16H,4,6-7H2,1-3H3;6-13H,1-5H3;3H,1-2H3;2*1H;/q;;;;;+2/p-2. The zero-order chi connectivity index (χ0) is 36.0. The van der Waals surface area contributed by atoms with Crippen LogP contribution in [-0.2, 0) is 26.4 Å². The summed E-state index contributed by atoms with van der Waals surface area (Å²) in [5, 5.41) is 0. The number of halogens is 2. The van der Waals surface area contributed by atoms with Gasteiger partial charge in [-0.1, -0.05) is 0 Å². The summed E-state index contributed by atoms with van der Waals surface area (Å²) in [7, 11) is 17.6. The summed E-state index contributed by atoms with van der Waals surface area (Å²) in [4.78, 5) is 0. The van der Waals surface area contributed by atoms with Crippen molar-refractivity contribution in [1.82, 2.24) is 0 Å². The van der Waals surface area contributed by atoms with E-state index in [0.717, 1.165) is 0 Å². The van der Waals surface area contributed by atoms with Crippen LogP contribution in [0.1, 0.15) is 114 Å². The Morgan fingerprint density at radius 1 is 0.640 bits per heavy atom. The molecule has 0 aliphatic heterocycles. The molecular weight excluding hydrogens is 743 g/mol. The number of fused-ring (bicyclic) bond motifs is 2. The Morgan fingerprint density at radius 2 is 1.18 bits per heavy atom. The predicted molar refractivity (Wildman–Crippen MR) is 221 cm³/mol. The third kappa shape index (κ3) is 5.79. The SMILES string of the molecule is CC1=Cc2c(-c3ccc(C(C)(C)C)cc3)ccc(C)c2[CH]1[Zr]([Cl])([Cl])([CH]1C(C2CCC2)=Cc2c(-c3ccc(C(C)(C)C)cc3)cccc21)[SiH](C)C. The molecule has 0 heterocycles. The molecule has 50 heavy (non-hydrogen) atoms. The third-order valence-electron chi connectivity index (χ3n) is 12.6. The summed E-state index contributed by atoms with van der Waals surface area (Å²) < 4.78 is 0.235. The van der Waals surface area contributed by atoms with Crippen molar-refractivity contribution < 1.29 is 15.6 Å². The van der Waals surface area contributed by atoms with Crippen molar-refractivity contribution in [3.63, 3.8) is 0 Å². The topological polar surface area (TPSA) is 0 Å². The van der Waals surface area contributed by atoms with Gasteiger partial charge in [0.2, 0.25) is 0 Å². The number of rotatable bonds is 6. The molecule has 2 atom stereocenters. The minimum atomic E-state index is -4.85. The summed E-state index contributed by atoms with van der Waals surface area (Å²) >= 11 is -4.85. The van der Waals surface area contributed by atoms with E-state index in [0.29, 0.717) is 5.92 Å². The molecule has 2 unspecified atom stereocenters. The monoisotopic (exact) mass is 795 g/mol. The molecule has 1 saturated carbocycles. The van der Waals surface area contributed by atoms with Gasteiger partial charge in [-0.2, -0.15) is 0 Å². The Morgan fingerprint density at radius 3 is 1.66 bits per heavy atom. The van der Waals surface area contributed by atoms with Crippen molar-refractivity contribution >= 4 is 35.1 Å². The van der Waals surface area contributed by atoms with Crippen molar-refractivity contribution in [3.05, 3.63) is 129 Å². The minimum absolute atomic E-state index is 0.101. The van der Waals surface area contributed by atoms with E-state index in [-0.39, 0.29) is 18.1 Å². The molecule has 0 amide bonds. The second kappa shape index (κ2) is 12.6. The molecule has 261 valence electrons. The van der Waals surface area contributed by atoms with E-state index >= 15 is 0 Å². The Labute approximate surface area is 311 Å². The summed E-state index contributed by atoms with van der Waals surface area (Å²) in [6.45, 7) is 23.3. The van der Waals surface area contributed by atoms with E-state index in [1.54, 1.807) is 5.57 Å². The van der Waals surface area contributed by atoms with Crippen LogP contribution in [0.4, 0.5) is 0 Å². The third-order valence-corrected chi connectivity index (χ3v) is 64.5. The molecular formula is C46H55Cl2SiZr. The second-order valence-electron chi connectivity index (χ2n) is 18.1. The maximum atomic E-state index is 8.78. The molecule has 7 rings (SSSR count). The van der Waals surface area contributed by atoms with Gasteiger partial charge in [-0.25, -0.2) is 0 Å². The van der Waals surface area contributed by atoms with Crippen molar-refractivity contribution in [2.45, 2.75) is 106 Å². The van der Waals surface area contributed by atoms with Crippen LogP contribution in [0.5, 0.6) is 0 Å². The van der Waals surface area contributed by atoms with Crippen molar-refractivity contribution in [2.75, 3.05) is 0 Å². The molecule has 4 aromatic carbocycles. The fraction of sp³-hybridized carbons (Fsp3) is 0.391. The first kappa shape index (κ1) is 36.4. The Balaban J connectivity index is 1.40. The summed E-state index contributed by atoms with van der Waals surface area (Å²) in [5.41, 5.74) is 17.9. The number of hydrogen-bond donors (Lipinski definition) is 0. The Bertz CT molecular complexity index is 2030. The average Bonchev–Trinajstić information content (AvgIpc) is 3.59. The van der Waals surface area contributed by atoms with Crippen LogP contribution >= 0.6 is 17.0 Å². The Kier molecular flexibility index (Phi) is 9.16. The van der Waals surface area contributed by atoms with Gasteiger partial charge in [-0.15, -0.1) is 0 Å². The predicted octanol–water partition coefficient (Wildman–Crippen LogP) is 14.3. The van der Waals surface area contributed by atoms with Gasteiger partial charge in [0, 0.05) is 0 Å². The van der Waals surface area contributed by atoms with Crippen molar-refractivity contribution in [1.29, 1.82) is 0 Å². The summed E-state index contributed by atoms with van der Waals surface area (Å²) in [6, 6.07) is 30.2. The molecule has 1 fully saturated rings. The van der Waals surface area contributed by atoms with Gasteiger partial charge in [0.05, 0.1) is 0 Å². The molecule has 0 N–H and O–H groups in total. The maximum absolute atomic E-state index is 8.78. The van der Waals surface area contributed by atoms with E-state index in [9.17, 15) is 0 Å². The fourth-order valence-corrected chi connectivity index (χ4v) is 41.3. The van der Waals surface area contributed by atoms with Gasteiger partial charge in [0.15, 0.2) is 0 Å². The molecule has 0 saturated heterocycles. The second-order valence-corrected chi connectivity index (χ2v) is 60.6. The quantitative estimate of drug-likeness (QED) is 0.171. The van der Waals surface area contributed by atoms with Crippen molar-refractivity contribution in [2.24, 2.45) is 5.92 Å². The van der Waals surface area contributed by atoms with E-state index in [4.69, 9.17) is 17.0 Å². The molecule has 4 heteroatoms. The molecule has 4 aromatic rings. The molecule has 3 aliphatic carbocycles. The number of aryl methyl sites for hydroxylation is 1. The number of hydrogen-bond acceptors (Lipinski definition) is 0. The zero-order valence-corrected chi connectivity index (χ0v) is 37.0.